The molecule has 0 bridgehead atoms. The third kappa shape index (κ3) is 4.66. The van der Waals surface area contributed by atoms with Gasteiger partial charge >= 0.3 is 5.97 Å². The van der Waals surface area contributed by atoms with Gasteiger partial charge in [-0.2, -0.15) is 0 Å². The van der Waals surface area contributed by atoms with Crippen molar-refractivity contribution >= 4 is 29.2 Å². The number of esters is 1. The predicted octanol–water partition coefficient (Wildman–Crippen LogP) is 5.68. The van der Waals surface area contributed by atoms with Crippen LogP contribution in [0.1, 0.15) is 60.4 Å². The molecule has 0 heterocycles. The Kier molecular flexibility index (Phi) is 6.80. The number of halogens is 2. The number of hydrogen-bond acceptors (Lipinski definition) is 3. The van der Waals surface area contributed by atoms with Crippen LogP contribution in [0.3, 0.4) is 0 Å². The lowest BCUT2D eigenvalue weighted by Crippen LogP contribution is -2.24. The number of ether oxygens (including phenoxy) is 1. The molecule has 0 fully saturated rings. The first kappa shape index (κ1) is 20.2. The van der Waals surface area contributed by atoms with Crippen molar-refractivity contribution in [2.45, 2.75) is 44.6 Å². The van der Waals surface area contributed by atoms with Gasteiger partial charge in [0, 0.05) is 18.4 Å². The van der Waals surface area contributed by atoms with Crippen LogP contribution in [0.4, 0.5) is 0 Å². The van der Waals surface area contributed by atoms with E-state index < -0.39 is 0 Å². The molecule has 0 aromatic heterocycles. The first-order valence-corrected chi connectivity index (χ1v) is 10.2. The Morgan fingerprint density at radius 1 is 1.11 bits per heavy atom. The van der Waals surface area contributed by atoms with E-state index in [1.54, 1.807) is 0 Å². The standard InChI is InChI=1S/C22H25Cl2NO2/c1-3-27-22(26)11-5-14-4-7-17-16(8-10-21(25-2)18(17)12-14)15-6-9-19(23)20(24)13-15/h4,6-7,9,12-13,16,21,25H,3,5,8,10-11H2,1-2H3. The molecule has 3 nitrogen and oxygen atoms in total. The lowest BCUT2D eigenvalue weighted by atomic mass is 9.76. The highest BCUT2D eigenvalue weighted by Gasteiger charge is 2.28. The number of aryl methyl sites for hydroxylation is 1. The summed E-state index contributed by atoms with van der Waals surface area (Å²) in [5.74, 6) is 0.160. The van der Waals surface area contributed by atoms with Crippen LogP contribution in [0.2, 0.25) is 10.0 Å². The van der Waals surface area contributed by atoms with E-state index in [9.17, 15) is 4.79 Å². The van der Waals surface area contributed by atoms with Gasteiger partial charge in [0.25, 0.3) is 0 Å². The topological polar surface area (TPSA) is 38.3 Å². The smallest absolute Gasteiger partial charge is 0.306 e. The van der Waals surface area contributed by atoms with E-state index in [2.05, 4.69) is 29.6 Å². The molecule has 2 aromatic rings. The average molecular weight is 406 g/mol. The molecule has 3 rings (SSSR count). The Hall–Kier alpha value is -1.55. The Bertz CT molecular complexity index is 822. The quantitative estimate of drug-likeness (QED) is 0.628. The summed E-state index contributed by atoms with van der Waals surface area (Å²) in [5.41, 5.74) is 4.98. The molecule has 0 saturated heterocycles. The molecule has 1 N–H and O–H groups in total. The monoisotopic (exact) mass is 405 g/mol. The Morgan fingerprint density at radius 2 is 1.93 bits per heavy atom. The van der Waals surface area contributed by atoms with E-state index in [0.29, 0.717) is 41.5 Å². The maximum Gasteiger partial charge on any atom is 0.306 e. The van der Waals surface area contributed by atoms with Gasteiger partial charge in [-0.1, -0.05) is 47.5 Å². The molecular formula is C22H25Cl2NO2. The normalized spacial score (nSPS) is 18.8. The Balaban J connectivity index is 1.88. The van der Waals surface area contributed by atoms with E-state index in [1.165, 1.54) is 16.7 Å². The molecule has 0 aliphatic heterocycles. The maximum absolute atomic E-state index is 11.7. The van der Waals surface area contributed by atoms with Gasteiger partial charge in [-0.25, -0.2) is 0 Å². The fourth-order valence-corrected chi connectivity index (χ4v) is 4.20. The maximum atomic E-state index is 11.7. The van der Waals surface area contributed by atoms with Gasteiger partial charge < -0.3 is 10.1 Å². The molecule has 0 saturated carbocycles. The van der Waals surface area contributed by atoms with Crippen LogP contribution in [0.25, 0.3) is 0 Å². The number of hydrogen-bond donors (Lipinski definition) is 1. The lowest BCUT2D eigenvalue weighted by Gasteiger charge is -2.32. The van der Waals surface area contributed by atoms with Gasteiger partial charge in [0.2, 0.25) is 0 Å². The molecule has 144 valence electrons. The summed E-state index contributed by atoms with van der Waals surface area (Å²) in [6.07, 6.45) is 3.21. The minimum absolute atomic E-state index is 0.144. The number of fused-ring (bicyclic) bond motifs is 1. The number of carbonyl (C=O) groups is 1. The molecule has 0 radical (unpaired) electrons. The van der Waals surface area contributed by atoms with Crippen LogP contribution in [0, 0.1) is 0 Å². The minimum Gasteiger partial charge on any atom is -0.466 e. The summed E-state index contributed by atoms with van der Waals surface area (Å²) < 4.78 is 5.04. The highest BCUT2D eigenvalue weighted by Crippen LogP contribution is 2.42. The largest absolute Gasteiger partial charge is 0.466 e. The molecule has 1 aliphatic rings. The van der Waals surface area contributed by atoms with Gasteiger partial charge in [0.1, 0.15) is 0 Å². The first-order valence-electron chi connectivity index (χ1n) is 9.44. The molecule has 5 heteroatoms. The Labute approximate surface area is 171 Å². The average Bonchev–Trinajstić information content (AvgIpc) is 2.67. The van der Waals surface area contributed by atoms with Crippen molar-refractivity contribution in [3.8, 4) is 0 Å². The first-order chi connectivity index (χ1) is 13.0. The summed E-state index contributed by atoms with van der Waals surface area (Å²) in [7, 11) is 2.00. The zero-order valence-corrected chi connectivity index (χ0v) is 17.2. The number of nitrogens with one attached hydrogen (secondary N) is 1. The molecule has 2 unspecified atom stereocenters. The number of benzene rings is 2. The van der Waals surface area contributed by atoms with Crippen LogP contribution in [0.5, 0.6) is 0 Å². The van der Waals surface area contributed by atoms with E-state index in [1.807, 2.05) is 26.1 Å². The van der Waals surface area contributed by atoms with Crippen LogP contribution in [-0.4, -0.2) is 19.6 Å². The molecule has 27 heavy (non-hydrogen) atoms. The molecule has 0 amide bonds. The van der Waals surface area contributed by atoms with Crippen LogP contribution >= 0.6 is 23.2 Å². The third-order valence-electron chi connectivity index (χ3n) is 5.26. The summed E-state index contributed by atoms with van der Waals surface area (Å²) in [6.45, 7) is 2.26. The second kappa shape index (κ2) is 9.09. The number of rotatable bonds is 6. The van der Waals surface area contributed by atoms with E-state index >= 15 is 0 Å². The molecule has 2 aromatic carbocycles. The van der Waals surface area contributed by atoms with E-state index in [-0.39, 0.29) is 5.97 Å². The zero-order chi connectivity index (χ0) is 19.4. The van der Waals surface area contributed by atoms with Gasteiger partial charge in [-0.3, -0.25) is 4.79 Å². The molecule has 2 atom stereocenters. The van der Waals surface area contributed by atoms with Crippen molar-refractivity contribution in [3.05, 3.63) is 68.7 Å². The lowest BCUT2D eigenvalue weighted by molar-refractivity contribution is -0.143. The van der Waals surface area contributed by atoms with Gasteiger partial charge in [-0.15, -0.1) is 0 Å². The summed E-state index contributed by atoms with van der Waals surface area (Å²) in [5, 5.41) is 4.60. The van der Waals surface area contributed by atoms with Gasteiger partial charge in [0.15, 0.2) is 0 Å². The molecule has 1 aliphatic carbocycles. The summed E-state index contributed by atoms with van der Waals surface area (Å²) >= 11 is 12.3. The fourth-order valence-electron chi connectivity index (χ4n) is 3.90. The SMILES string of the molecule is CCOC(=O)CCc1ccc2c(c1)C(NC)CCC2c1ccc(Cl)c(Cl)c1. The zero-order valence-electron chi connectivity index (χ0n) is 15.7. The third-order valence-corrected chi connectivity index (χ3v) is 6.00. The highest BCUT2D eigenvalue weighted by molar-refractivity contribution is 6.42. The van der Waals surface area contributed by atoms with Crippen molar-refractivity contribution in [3.63, 3.8) is 0 Å². The van der Waals surface area contributed by atoms with Crippen molar-refractivity contribution in [2.75, 3.05) is 13.7 Å². The second-order valence-corrected chi connectivity index (χ2v) is 7.73. The second-order valence-electron chi connectivity index (χ2n) is 6.91. The summed E-state index contributed by atoms with van der Waals surface area (Å²) in [6, 6.07) is 12.8. The summed E-state index contributed by atoms with van der Waals surface area (Å²) in [4.78, 5) is 11.7. The van der Waals surface area contributed by atoms with E-state index in [0.717, 1.165) is 18.4 Å². The fraction of sp³-hybridized carbons (Fsp3) is 0.409. The van der Waals surface area contributed by atoms with Crippen LogP contribution in [-0.2, 0) is 16.0 Å². The minimum atomic E-state index is -0.144. The van der Waals surface area contributed by atoms with Crippen LogP contribution in [0.15, 0.2) is 36.4 Å². The van der Waals surface area contributed by atoms with E-state index in [4.69, 9.17) is 27.9 Å². The highest BCUT2D eigenvalue weighted by atomic mass is 35.5. The van der Waals surface area contributed by atoms with Gasteiger partial charge in [-0.05, 0) is 67.6 Å². The number of carbonyl (C=O) groups excluding carboxylic acids is 1. The van der Waals surface area contributed by atoms with Crippen LogP contribution < -0.4 is 5.32 Å². The predicted molar refractivity (Wildman–Crippen MR) is 111 cm³/mol. The molecule has 0 spiro atoms. The van der Waals surface area contributed by atoms with Crippen molar-refractivity contribution < 1.29 is 9.53 Å². The van der Waals surface area contributed by atoms with Gasteiger partial charge in [0.05, 0.1) is 16.7 Å². The molecular weight excluding hydrogens is 381 g/mol. The van der Waals surface area contributed by atoms with Crippen molar-refractivity contribution in [1.82, 2.24) is 5.32 Å². The Morgan fingerprint density at radius 3 is 2.63 bits per heavy atom. The van der Waals surface area contributed by atoms with Crippen molar-refractivity contribution in [2.24, 2.45) is 0 Å². The van der Waals surface area contributed by atoms with Crippen molar-refractivity contribution in [1.29, 1.82) is 0 Å².